The highest BCUT2D eigenvalue weighted by molar-refractivity contribution is 7.89. The van der Waals surface area contributed by atoms with Crippen molar-refractivity contribution >= 4 is 16.0 Å². The Hall–Kier alpha value is -1.41. The molecule has 0 unspecified atom stereocenters. The minimum absolute atomic E-state index is 0.0504. The fourth-order valence-electron chi connectivity index (χ4n) is 1.16. The van der Waals surface area contributed by atoms with Crippen molar-refractivity contribution in [1.29, 1.82) is 0 Å². The molecule has 18 heavy (non-hydrogen) atoms. The number of rotatable bonds is 4. The van der Waals surface area contributed by atoms with Crippen LogP contribution in [-0.4, -0.2) is 35.3 Å². The van der Waals surface area contributed by atoms with Crippen LogP contribution < -0.4 is 4.72 Å². The van der Waals surface area contributed by atoms with Crippen molar-refractivity contribution in [3.8, 4) is 0 Å². The summed E-state index contributed by atoms with van der Waals surface area (Å²) in [5.41, 5.74) is -0.341. The molecular weight excluding hydrogens is 258 g/mol. The summed E-state index contributed by atoms with van der Waals surface area (Å²) in [6, 6.07) is -1.19. The van der Waals surface area contributed by atoms with Gasteiger partial charge < -0.3 is 5.11 Å². The molecule has 0 amide bonds. The van der Waals surface area contributed by atoms with Gasteiger partial charge in [0.15, 0.2) is 0 Å². The van der Waals surface area contributed by atoms with Crippen LogP contribution in [0.4, 0.5) is 0 Å². The second-order valence-corrected chi connectivity index (χ2v) is 6.69. The van der Waals surface area contributed by atoms with E-state index in [9.17, 15) is 13.2 Å². The molecule has 0 radical (unpaired) electrons. The van der Waals surface area contributed by atoms with Gasteiger partial charge >= 0.3 is 5.97 Å². The summed E-state index contributed by atoms with van der Waals surface area (Å²) in [6.07, 6.45) is 2.57. The van der Waals surface area contributed by atoms with E-state index in [2.05, 4.69) is 9.82 Å². The van der Waals surface area contributed by atoms with Gasteiger partial charge in [0.05, 0.1) is 11.7 Å². The smallest absolute Gasteiger partial charge is 0.321 e. The first-order valence-corrected chi connectivity index (χ1v) is 6.82. The third-order valence-corrected chi connectivity index (χ3v) is 3.75. The molecule has 0 spiro atoms. The average molecular weight is 275 g/mol. The molecule has 2 N–H and O–H groups in total. The summed E-state index contributed by atoms with van der Waals surface area (Å²) >= 11 is 0. The summed E-state index contributed by atoms with van der Waals surface area (Å²) in [6.45, 7) is 6.89. The van der Waals surface area contributed by atoms with Gasteiger partial charge in [-0.05, 0) is 27.7 Å². The van der Waals surface area contributed by atoms with Gasteiger partial charge in [0, 0.05) is 6.20 Å². The van der Waals surface area contributed by atoms with Crippen LogP contribution in [0.3, 0.4) is 0 Å². The number of nitrogens with one attached hydrogen (secondary N) is 1. The minimum Gasteiger partial charge on any atom is -0.480 e. The Bertz CT molecular complexity index is 542. The van der Waals surface area contributed by atoms with E-state index in [-0.39, 0.29) is 10.4 Å². The van der Waals surface area contributed by atoms with Crippen molar-refractivity contribution in [3.05, 3.63) is 12.4 Å². The monoisotopic (exact) mass is 275 g/mol. The lowest BCUT2D eigenvalue weighted by atomic mass is 10.1. The third kappa shape index (κ3) is 3.30. The van der Waals surface area contributed by atoms with Crippen molar-refractivity contribution in [2.24, 2.45) is 0 Å². The van der Waals surface area contributed by atoms with Crippen molar-refractivity contribution in [3.63, 3.8) is 0 Å². The van der Waals surface area contributed by atoms with Gasteiger partial charge in [0.1, 0.15) is 10.9 Å². The molecule has 1 rings (SSSR count). The van der Waals surface area contributed by atoms with Crippen LogP contribution in [-0.2, 0) is 20.4 Å². The predicted molar refractivity (Wildman–Crippen MR) is 64.6 cm³/mol. The summed E-state index contributed by atoms with van der Waals surface area (Å²) in [5.74, 6) is -1.23. The number of nitrogens with zero attached hydrogens (tertiary/aromatic N) is 2. The number of hydrogen-bond acceptors (Lipinski definition) is 4. The van der Waals surface area contributed by atoms with Crippen molar-refractivity contribution in [2.45, 2.75) is 44.2 Å². The van der Waals surface area contributed by atoms with Gasteiger partial charge in [0.2, 0.25) is 10.0 Å². The van der Waals surface area contributed by atoms with E-state index in [1.165, 1.54) is 24.0 Å². The molecule has 0 aliphatic heterocycles. The molecule has 0 aliphatic rings. The summed E-state index contributed by atoms with van der Waals surface area (Å²) < 4.78 is 27.3. The largest absolute Gasteiger partial charge is 0.480 e. The Kier molecular flexibility index (Phi) is 3.82. The molecule has 8 heteroatoms. The van der Waals surface area contributed by atoms with E-state index < -0.39 is 22.0 Å². The van der Waals surface area contributed by atoms with Crippen molar-refractivity contribution in [1.82, 2.24) is 14.5 Å². The maximum atomic E-state index is 11.9. The molecule has 0 bridgehead atoms. The van der Waals surface area contributed by atoms with Crippen LogP contribution in [0.1, 0.15) is 27.7 Å². The average Bonchev–Trinajstić information content (AvgIpc) is 2.64. The summed E-state index contributed by atoms with van der Waals surface area (Å²) in [5, 5.41) is 12.6. The lowest BCUT2D eigenvalue weighted by Gasteiger charge is -2.18. The molecule has 0 aliphatic carbocycles. The number of carbonyl (C=O) groups is 1. The van der Waals surface area contributed by atoms with Crippen molar-refractivity contribution < 1.29 is 18.3 Å². The number of aliphatic carboxylic acids is 1. The van der Waals surface area contributed by atoms with E-state index in [4.69, 9.17) is 5.11 Å². The van der Waals surface area contributed by atoms with Crippen LogP contribution in [0.25, 0.3) is 0 Å². The first kappa shape index (κ1) is 14.7. The molecule has 7 nitrogen and oxygen atoms in total. The standard InChI is InChI=1S/C10H17N3O4S/c1-7(9(14)15)12-18(16,17)8-5-11-13(6-8)10(2,3)4/h5-7,12H,1-4H3,(H,14,15)/t7-/m1/s1. The second-order valence-electron chi connectivity index (χ2n) is 4.97. The molecule has 1 aromatic rings. The van der Waals surface area contributed by atoms with E-state index >= 15 is 0 Å². The topological polar surface area (TPSA) is 101 Å². The number of carboxylic acids is 1. The molecule has 1 heterocycles. The van der Waals surface area contributed by atoms with E-state index in [0.717, 1.165) is 0 Å². The van der Waals surface area contributed by atoms with Crippen LogP contribution in [0.15, 0.2) is 17.3 Å². The van der Waals surface area contributed by atoms with Gasteiger partial charge in [0.25, 0.3) is 0 Å². The molecule has 0 saturated carbocycles. The summed E-state index contributed by atoms with van der Waals surface area (Å²) in [7, 11) is -3.86. The lowest BCUT2D eigenvalue weighted by molar-refractivity contribution is -0.138. The predicted octanol–water partition coefficient (Wildman–Crippen LogP) is 0.389. The Morgan fingerprint density at radius 2 is 2.06 bits per heavy atom. The molecule has 0 fully saturated rings. The van der Waals surface area contributed by atoms with E-state index in [0.29, 0.717) is 0 Å². The zero-order chi connectivity index (χ0) is 14.1. The van der Waals surface area contributed by atoms with E-state index in [1.807, 2.05) is 20.8 Å². The molecule has 1 aromatic heterocycles. The molecule has 1 atom stereocenters. The van der Waals surface area contributed by atoms with Crippen molar-refractivity contribution in [2.75, 3.05) is 0 Å². The number of hydrogen-bond donors (Lipinski definition) is 2. The molecule has 102 valence electrons. The first-order chi connectivity index (χ1) is 8.04. The Balaban J connectivity index is 3.00. The van der Waals surface area contributed by atoms with E-state index in [1.54, 1.807) is 0 Å². The third-order valence-electron chi connectivity index (χ3n) is 2.26. The van der Waals surface area contributed by atoms with Gasteiger partial charge in [-0.1, -0.05) is 0 Å². The SMILES string of the molecule is C[C@@H](NS(=O)(=O)c1cnn(C(C)(C)C)c1)C(=O)O. The zero-order valence-corrected chi connectivity index (χ0v) is 11.5. The Morgan fingerprint density at radius 1 is 1.50 bits per heavy atom. The highest BCUT2D eigenvalue weighted by Crippen LogP contribution is 2.16. The highest BCUT2D eigenvalue weighted by atomic mass is 32.2. The fraction of sp³-hybridized carbons (Fsp3) is 0.600. The van der Waals surface area contributed by atoms with Crippen LogP contribution in [0, 0.1) is 0 Å². The van der Waals surface area contributed by atoms with Gasteiger partial charge in [-0.3, -0.25) is 9.48 Å². The van der Waals surface area contributed by atoms with Crippen LogP contribution in [0.5, 0.6) is 0 Å². The number of aromatic nitrogens is 2. The maximum Gasteiger partial charge on any atom is 0.321 e. The normalized spacial score (nSPS) is 14.4. The number of sulfonamides is 1. The minimum atomic E-state index is -3.86. The fourth-order valence-corrected chi connectivity index (χ4v) is 2.29. The quantitative estimate of drug-likeness (QED) is 0.827. The van der Waals surface area contributed by atoms with Gasteiger partial charge in [-0.25, -0.2) is 8.42 Å². The zero-order valence-electron chi connectivity index (χ0n) is 10.7. The molecule has 0 aromatic carbocycles. The van der Waals surface area contributed by atoms with Crippen LogP contribution >= 0.6 is 0 Å². The maximum absolute atomic E-state index is 11.9. The molecular formula is C10H17N3O4S. The van der Waals surface area contributed by atoms with Gasteiger partial charge in [-0.15, -0.1) is 0 Å². The lowest BCUT2D eigenvalue weighted by Crippen LogP contribution is -2.38. The second kappa shape index (κ2) is 4.69. The van der Waals surface area contributed by atoms with Gasteiger partial charge in [-0.2, -0.15) is 9.82 Å². The highest BCUT2D eigenvalue weighted by Gasteiger charge is 2.24. The molecule has 0 saturated heterocycles. The Labute approximate surface area is 106 Å². The first-order valence-electron chi connectivity index (χ1n) is 5.34. The summed E-state index contributed by atoms with van der Waals surface area (Å²) in [4.78, 5) is 10.6. The Morgan fingerprint density at radius 3 is 2.44 bits per heavy atom. The number of carboxylic acid groups (broad SMARTS) is 1. The van der Waals surface area contributed by atoms with Crippen LogP contribution in [0.2, 0.25) is 0 Å².